The molecule has 8 heteroatoms. The zero-order chi connectivity index (χ0) is 13.4. The summed E-state index contributed by atoms with van der Waals surface area (Å²) in [7, 11) is -3.58. The van der Waals surface area contributed by atoms with Gasteiger partial charge >= 0.3 is 0 Å². The van der Waals surface area contributed by atoms with Crippen molar-refractivity contribution in [2.75, 3.05) is 25.5 Å². The normalized spacial score (nSPS) is 11.6. The van der Waals surface area contributed by atoms with Crippen LogP contribution in [0.25, 0.3) is 0 Å². The predicted molar refractivity (Wildman–Crippen MR) is 67.4 cm³/mol. The second kappa shape index (κ2) is 7.24. The molecule has 0 radical (unpaired) electrons. The van der Waals surface area contributed by atoms with Gasteiger partial charge in [-0.15, -0.1) is 0 Å². The van der Waals surface area contributed by atoms with Gasteiger partial charge in [-0.1, -0.05) is 13.3 Å². The SMILES string of the molecule is CCCCOCCNS(=O)(=O)c1cnc(N)nc1. The first-order valence-corrected chi connectivity index (χ1v) is 7.19. The third-order valence-electron chi connectivity index (χ3n) is 2.14. The topological polar surface area (TPSA) is 107 Å². The molecule has 0 aliphatic carbocycles. The number of nitrogen functional groups attached to an aromatic ring is 1. The standard InChI is InChI=1S/C10H18N4O3S/c1-2-3-5-17-6-4-14-18(15,16)9-7-12-10(11)13-8-9/h7-8,14H,2-6H2,1H3,(H2,11,12,13). The Morgan fingerprint density at radius 1 is 1.33 bits per heavy atom. The van der Waals surface area contributed by atoms with Gasteiger partial charge in [0, 0.05) is 13.2 Å². The molecule has 0 fully saturated rings. The number of nitrogens with one attached hydrogen (secondary N) is 1. The molecular weight excluding hydrogens is 256 g/mol. The number of unbranched alkanes of at least 4 members (excludes halogenated alkanes) is 1. The highest BCUT2D eigenvalue weighted by Gasteiger charge is 2.13. The molecule has 1 rings (SSSR count). The first kappa shape index (κ1) is 14.8. The van der Waals surface area contributed by atoms with Crippen LogP contribution in [0.2, 0.25) is 0 Å². The highest BCUT2D eigenvalue weighted by Crippen LogP contribution is 2.05. The summed E-state index contributed by atoms with van der Waals surface area (Å²) in [6, 6.07) is 0. The largest absolute Gasteiger partial charge is 0.380 e. The fraction of sp³-hybridized carbons (Fsp3) is 0.600. The van der Waals surface area contributed by atoms with E-state index in [4.69, 9.17) is 10.5 Å². The van der Waals surface area contributed by atoms with Gasteiger partial charge in [0.2, 0.25) is 16.0 Å². The number of rotatable bonds is 8. The lowest BCUT2D eigenvalue weighted by Crippen LogP contribution is -2.27. The number of nitrogens with two attached hydrogens (primary N) is 1. The lowest BCUT2D eigenvalue weighted by atomic mass is 10.4. The predicted octanol–water partition coefficient (Wildman–Crippen LogP) is 0.154. The molecule has 18 heavy (non-hydrogen) atoms. The number of anilines is 1. The number of hydrogen-bond acceptors (Lipinski definition) is 6. The van der Waals surface area contributed by atoms with Crippen molar-refractivity contribution in [1.82, 2.24) is 14.7 Å². The van der Waals surface area contributed by atoms with Crippen molar-refractivity contribution in [3.8, 4) is 0 Å². The average Bonchev–Trinajstić information content (AvgIpc) is 2.34. The van der Waals surface area contributed by atoms with Gasteiger partial charge in [0.25, 0.3) is 0 Å². The molecule has 0 aliphatic rings. The summed E-state index contributed by atoms with van der Waals surface area (Å²) in [6.45, 7) is 3.27. The van der Waals surface area contributed by atoms with Gasteiger partial charge in [0.1, 0.15) is 4.90 Å². The average molecular weight is 274 g/mol. The van der Waals surface area contributed by atoms with Crippen molar-refractivity contribution in [3.63, 3.8) is 0 Å². The van der Waals surface area contributed by atoms with Crippen LogP contribution >= 0.6 is 0 Å². The highest BCUT2D eigenvalue weighted by molar-refractivity contribution is 7.89. The summed E-state index contributed by atoms with van der Waals surface area (Å²) < 4.78 is 31.1. The maximum Gasteiger partial charge on any atom is 0.243 e. The summed E-state index contributed by atoms with van der Waals surface area (Å²) in [5.74, 6) is 0.0387. The minimum atomic E-state index is -3.58. The Kier molecular flexibility index (Phi) is 5.96. The molecular formula is C10H18N4O3S. The van der Waals surface area contributed by atoms with Gasteiger partial charge in [-0.3, -0.25) is 0 Å². The molecule has 0 unspecified atom stereocenters. The van der Waals surface area contributed by atoms with Crippen LogP contribution in [-0.4, -0.2) is 38.1 Å². The van der Waals surface area contributed by atoms with Crippen molar-refractivity contribution >= 4 is 16.0 Å². The lowest BCUT2D eigenvalue weighted by molar-refractivity contribution is 0.136. The molecule has 0 spiro atoms. The van der Waals surface area contributed by atoms with Crippen LogP contribution in [0.3, 0.4) is 0 Å². The van der Waals surface area contributed by atoms with Gasteiger partial charge in [0.15, 0.2) is 0 Å². The van der Waals surface area contributed by atoms with Gasteiger partial charge in [0.05, 0.1) is 19.0 Å². The molecule has 0 amide bonds. The fourth-order valence-electron chi connectivity index (χ4n) is 1.14. The van der Waals surface area contributed by atoms with Crippen molar-refractivity contribution < 1.29 is 13.2 Å². The van der Waals surface area contributed by atoms with Crippen LogP contribution in [0, 0.1) is 0 Å². The van der Waals surface area contributed by atoms with Crippen molar-refractivity contribution in [1.29, 1.82) is 0 Å². The van der Waals surface area contributed by atoms with E-state index in [-0.39, 0.29) is 17.4 Å². The molecule has 0 aliphatic heterocycles. The molecule has 3 N–H and O–H groups in total. The molecule has 102 valence electrons. The van der Waals surface area contributed by atoms with Crippen molar-refractivity contribution in [3.05, 3.63) is 12.4 Å². The molecule has 7 nitrogen and oxygen atoms in total. The number of aromatic nitrogens is 2. The highest BCUT2D eigenvalue weighted by atomic mass is 32.2. The molecule has 0 aromatic carbocycles. The zero-order valence-corrected chi connectivity index (χ0v) is 11.1. The Hall–Kier alpha value is -1.25. The molecule has 1 aromatic heterocycles. The maximum atomic E-state index is 11.7. The van der Waals surface area contributed by atoms with Crippen LogP contribution in [0.15, 0.2) is 17.3 Å². The van der Waals surface area contributed by atoms with Crippen LogP contribution in [0.5, 0.6) is 0 Å². The number of hydrogen-bond donors (Lipinski definition) is 2. The smallest absolute Gasteiger partial charge is 0.243 e. The van der Waals surface area contributed by atoms with E-state index in [9.17, 15) is 8.42 Å². The van der Waals surface area contributed by atoms with Crippen molar-refractivity contribution in [2.45, 2.75) is 24.7 Å². The molecule has 1 aromatic rings. The van der Waals surface area contributed by atoms with Crippen LogP contribution in [0.4, 0.5) is 5.95 Å². The Morgan fingerprint density at radius 3 is 2.61 bits per heavy atom. The Bertz CT molecular complexity index is 447. The van der Waals surface area contributed by atoms with E-state index >= 15 is 0 Å². The van der Waals surface area contributed by atoms with Crippen molar-refractivity contribution in [2.24, 2.45) is 0 Å². The number of ether oxygens (including phenoxy) is 1. The molecule has 0 saturated carbocycles. The minimum Gasteiger partial charge on any atom is -0.380 e. The second-order valence-corrected chi connectivity index (χ2v) is 5.41. The Labute approximate surface area is 107 Å². The van der Waals surface area contributed by atoms with E-state index in [2.05, 4.69) is 21.6 Å². The van der Waals surface area contributed by atoms with Gasteiger partial charge in [-0.25, -0.2) is 23.1 Å². The lowest BCUT2D eigenvalue weighted by Gasteiger charge is -2.06. The van der Waals surface area contributed by atoms with Crippen LogP contribution < -0.4 is 10.5 Å². The summed E-state index contributed by atoms with van der Waals surface area (Å²) in [6.07, 6.45) is 4.36. The van der Waals surface area contributed by atoms with E-state index in [1.807, 2.05) is 0 Å². The number of sulfonamides is 1. The fourth-order valence-corrected chi connectivity index (χ4v) is 2.05. The first-order valence-electron chi connectivity index (χ1n) is 5.71. The summed E-state index contributed by atoms with van der Waals surface area (Å²) in [5.41, 5.74) is 5.28. The Morgan fingerprint density at radius 2 is 2.00 bits per heavy atom. The third kappa shape index (κ3) is 4.94. The summed E-state index contributed by atoms with van der Waals surface area (Å²) in [4.78, 5) is 7.25. The van der Waals surface area contributed by atoms with E-state index < -0.39 is 10.0 Å². The second-order valence-electron chi connectivity index (χ2n) is 3.64. The molecule has 0 atom stereocenters. The van der Waals surface area contributed by atoms with Crippen LogP contribution in [0.1, 0.15) is 19.8 Å². The first-order chi connectivity index (χ1) is 8.56. The van der Waals surface area contributed by atoms with Crippen LogP contribution in [-0.2, 0) is 14.8 Å². The van der Waals surface area contributed by atoms with Gasteiger partial charge in [-0.2, -0.15) is 0 Å². The molecule has 0 bridgehead atoms. The molecule has 0 saturated heterocycles. The van der Waals surface area contributed by atoms with E-state index in [0.29, 0.717) is 13.2 Å². The van der Waals surface area contributed by atoms with Gasteiger partial charge < -0.3 is 10.5 Å². The monoisotopic (exact) mass is 274 g/mol. The quantitative estimate of drug-likeness (QED) is 0.654. The maximum absolute atomic E-state index is 11.7. The van der Waals surface area contributed by atoms with E-state index in [0.717, 1.165) is 12.8 Å². The third-order valence-corrected chi connectivity index (χ3v) is 3.55. The van der Waals surface area contributed by atoms with Gasteiger partial charge in [-0.05, 0) is 6.42 Å². The number of nitrogens with zero attached hydrogens (tertiary/aromatic N) is 2. The summed E-state index contributed by atoms with van der Waals surface area (Å²) in [5, 5.41) is 0. The Balaban J connectivity index is 2.38. The molecule has 1 heterocycles. The van der Waals surface area contributed by atoms with E-state index in [1.165, 1.54) is 12.4 Å². The minimum absolute atomic E-state index is 0.00902. The zero-order valence-electron chi connectivity index (χ0n) is 10.3. The summed E-state index contributed by atoms with van der Waals surface area (Å²) >= 11 is 0. The van der Waals surface area contributed by atoms with E-state index in [1.54, 1.807) is 0 Å².